The smallest absolute Gasteiger partial charge is 0.261 e. The van der Waals surface area contributed by atoms with E-state index in [2.05, 4.69) is 10.0 Å². The number of carbonyl (C=O) groups excluding carboxylic acids is 1. The number of nitrogens with one attached hydrogen (secondary N) is 2. The molecule has 0 aromatic heterocycles. The fourth-order valence-corrected chi connectivity index (χ4v) is 3.83. The van der Waals surface area contributed by atoms with Crippen molar-refractivity contribution in [2.75, 3.05) is 10.0 Å². The van der Waals surface area contributed by atoms with Crippen LogP contribution in [-0.2, 0) is 10.0 Å². The van der Waals surface area contributed by atoms with Crippen LogP contribution >= 0.6 is 0 Å². The molecule has 0 saturated heterocycles. The van der Waals surface area contributed by atoms with Crippen LogP contribution in [0.1, 0.15) is 21.5 Å². The molecular formula is C21H20N2O3S. The van der Waals surface area contributed by atoms with Crippen molar-refractivity contribution >= 4 is 27.3 Å². The Kier molecular flexibility index (Phi) is 5.28. The molecule has 5 nitrogen and oxygen atoms in total. The van der Waals surface area contributed by atoms with Gasteiger partial charge in [-0.3, -0.25) is 9.52 Å². The molecule has 0 aliphatic carbocycles. The number of para-hydroxylation sites is 1. The third-order valence-electron chi connectivity index (χ3n) is 4.18. The van der Waals surface area contributed by atoms with Gasteiger partial charge in [0.1, 0.15) is 0 Å². The molecule has 138 valence electrons. The molecule has 3 aromatic rings. The van der Waals surface area contributed by atoms with Crippen molar-refractivity contribution in [3.05, 3.63) is 89.5 Å². The van der Waals surface area contributed by atoms with Crippen LogP contribution in [0.15, 0.2) is 77.7 Å². The van der Waals surface area contributed by atoms with E-state index in [1.807, 2.05) is 25.1 Å². The summed E-state index contributed by atoms with van der Waals surface area (Å²) in [5.74, 6) is -0.243. The molecule has 0 fully saturated rings. The molecule has 0 unspecified atom stereocenters. The van der Waals surface area contributed by atoms with Gasteiger partial charge < -0.3 is 5.32 Å². The van der Waals surface area contributed by atoms with E-state index in [1.54, 1.807) is 55.5 Å². The van der Waals surface area contributed by atoms with Crippen LogP contribution in [0, 0.1) is 13.8 Å². The minimum Gasteiger partial charge on any atom is -0.322 e. The lowest BCUT2D eigenvalue weighted by molar-refractivity contribution is 0.102. The lowest BCUT2D eigenvalue weighted by atomic mass is 10.1. The van der Waals surface area contributed by atoms with E-state index >= 15 is 0 Å². The summed E-state index contributed by atoms with van der Waals surface area (Å²) >= 11 is 0. The minimum absolute atomic E-state index is 0.140. The Morgan fingerprint density at radius 2 is 1.44 bits per heavy atom. The normalized spacial score (nSPS) is 11.0. The monoisotopic (exact) mass is 380 g/mol. The molecule has 0 aliphatic rings. The second kappa shape index (κ2) is 7.63. The molecule has 1 amide bonds. The van der Waals surface area contributed by atoms with Gasteiger partial charge in [0, 0.05) is 11.3 Å². The van der Waals surface area contributed by atoms with Crippen molar-refractivity contribution in [1.29, 1.82) is 0 Å². The molecule has 0 aliphatic heterocycles. The number of rotatable bonds is 5. The highest BCUT2D eigenvalue weighted by Gasteiger charge is 2.17. The molecule has 27 heavy (non-hydrogen) atoms. The first kappa shape index (κ1) is 18.7. The Labute approximate surface area is 159 Å². The number of anilines is 2. The lowest BCUT2D eigenvalue weighted by Gasteiger charge is -2.13. The first-order chi connectivity index (χ1) is 12.9. The maximum atomic E-state index is 12.7. The van der Waals surface area contributed by atoms with Crippen LogP contribution in [-0.4, -0.2) is 14.3 Å². The van der Waals surface area contributed by atoms with Crippen molar-refractivity contribution in [3.8, 4) is 0 Å². The molecular weight excluding hydrogens is 360 g/mol. The zero-order valence-electron chi connectivity index (χ0n) is 15.1. The summed E-state index contributed by atoms with van der Waals surface area (Å²) in [6.45, 7) is 3.60. The molecule has 2 N–H and O–H groups in total. The number of amides is 1. The van der Waals surface area contributed by atoms with Crippen molar-refractivity contribution in [3.63, 3.8) is 0 Å². The fraction of sp³-hybridized carbons (Fsp3) is 0.0952. The molecule has 0 heterocycles. The van der Waals surface area contributed by atoms with Crippen molar-refractivity contribution in [2.45, 2.75) is 18.7 Å². The summed E-state index contributed by atoms with van der Waals surface area (Å²) in [6.07, 6.45) is 0. The average Bonchev–Trinajstić information content (AvgIpc) is 2.65. The van der Waals surface area contributed by atoms with Gasteiger partial charge in [0.05, 0.1) is 10.6 Å². The van der Waals surface area contributed by atoms with E-state index in [4.69, 9.17) is 0 Å². The minimum atomic E-state index is -3.72. The highest BCUT2D eigenvalue weighted by molar-refractivity contribution is 7.92. The molecule has 0 radical (unpaired) electrons. The molecule has 6 heteroatoms. The van der Waals surface area contributed by atoms with Gasteiger partial charge in [-0.15, -0.1) is 0 Å². The third-order valence-corrected chi connectivity index (χ3v) is 5.54. The predicted molar refractivity (Wildman–Crippen MR) is 108 cm³/mol. The van der Waals surface area contributed by atoms with Gasteiger partial charge >= 0.3 is 0 Å². The highest BCUT2D eigenvalue weighted by atomic mass is 32.2. The van der Waals surface area contributed by atoms with Gasteiger partial charge in [-0.25, -0.2) is 8.42 Å². The molecule has 0 bridgehead atoms. The third kappa shape index (κ3) is 4.35. The van der Waals surface area contributed by atoms with Gasteiger partial charge in [0.25, 0.3) is 15.9 Å². The van der Waals surface area contributed by atoms with E-state index < -0.39 is 10.0 Å². The van der Waals surface area contributed by atoms with Gasteiger partial charge in [-0.05, 0) is 61.4 Å². The van der Waals surface area contributed by atoms with Crippen LogP contribution < -0.4 is 10.0 Å². The topological polar surface area (TPSA) is 75.3 Å². The Hall–Kier alpha value is -3.12. The maximum absolute atomic E-state index is 12.7. The van der Waals surface area contributed by atoms with Gasteiger partial charge in [-0.1, -0.05) is 36.4 Å². The molecule has 0 saturated carbocycles. The zero-order valence-corrected chi connectivity index (χ0v) is 15.9. The molecule has 3 rings (SSSR count). The maximum Gasteiger partial charge on any atom is 0.261 e. The van der Waals surface area contributed by atoms with Crippen LogP contribution in [0.25, 0.3) is 0 Å². The Morgan fingerprint density at radius 1 is 0.778 bits per heavy atom. The highest BCUT2D eigenvalue weighted by Crippen LogP contribution is 2.23. The first-order valence-electron chi connectivity index (χ1n) is 8.42. The number of hydrogen-bond acceptors (Lipinski definition) is 3. The second-order valence-corrected chi connectivity index (χ2v) is 7.90. The summed E-state index contributed by atoms with van der Waals surface area (Å²) in [7, 11) is -3.72. The lowest BCUT2D eigenvalue weighted by Crippen LogP contribution is -2.15. The number of carbonyl (C=O) groups is 1. The summed E-state index contributed by atoms with van der Waals surface area (Å²) in [4.78, 5) is 12.4. The van der Waals surface area contributed by atoms with Crippen molar-refractivity contribution in [2.24, 2.45) is 0 Å². The fourth-order valence-electron chi connectivity index (χ4n) is 2.62. The molecule has 3 aromatic carbocycles. The standard InChI is InChI=1S/C21H20N2O3S/c1-15-8-6-7-11-20(15)23-27(25,26)18-12-13-19(16(2)14-18)22-21(24)17-9-4-3-5-10-17/h3-14,23H,1-2H3,(H,22,24). The number of aryl methyl sites for hydroxylation is 2. The molecule has 0 spiro atoms. The Bertz CT molecular complexity index is 1080. The summed E-state index contributed by atoms with van der Waals surface area (Å²) in [5.41, 5.74) is 3.14. The zero-order chi connectivity index (χ0) is 19.4. The SMILES string of the molecule is Cc1cc(S(=O)(=O)Nc2ccccc2C)ccc1NC(=O)c1ccccc1. The van der Waals surface area contributed by atoms with E-state index in [0.29, 0.717) is 22.5 Å². The Balaban J connectivity index is 1.82. The first-order valence-corrected chi connectivity index (χ1v) is 9.90. The van der Waals surface area contributed by atoms with E-state index in [-0.39, 0.29) is 10.8 Å². The van der Waals surface area contributed by atoms with E-state index in [9.17, 15) is 13.2 Å². The van der Waals surface area contributed by atoms with Crippen molar-refractivity contribution < 1.29 is 13.2 Å². The summed E-state index contributed by atoms with van der Waals surface area (Å²) in [6, 6.07) is 20.6. The van der Waals surface area contributed by atoms with Crippen LogP contribution in [0.4, 0.5) is 11.4 Å². The Morgan fingerprint density at radius 3 is 2.11 bits per heavy atom. The van der Waals surface area contributed by atoms with E-state index in [0.717, 1.165) is 5.56 Å². The van der Waals surface area contributed by atoms with Gasteiger partial charge in [0.15, 0.2) is 0 Å². The predicted octanol–water partition coefficient (Wildman–Crippen LogP) is 4.36. The van der Waals surface area contributed by atoms with Crippen LogP contribution in [0.3, 0.4) is 0 Å². The number of hydrogen-bond donors (Lipinski definition) is 2. The second-order valence-electron chi connectivity index (χ2n) is 6.22. The number of sulfonamides is 1. The van der Waals surface area contributed by atoms with Crippen molar-refractivity contribution in [1.82, 2.24) is 0 Å². The quantitative estimate of drug-likeness (QED) is 0.691. The van der Waals surface area contributed by atoms with Crippen LogP contribution in [0.2, 0.25) is 0 Å². The summed E-state index contributed by atoms with van der Waals surface area (Å²) in [5, 5.41) is 2.81. The van der Waals surface area contributed by atoms with Gasteiger partial charge in [0.2, 0.25) is 0 Å². The summed E-state index contributed by atoms with van der Waals surface area (Å²) < 4.78 is 27.9. The number of benzene rings is 3. The van der Waals surface area contributed by atoms with Crippen LogP contribution in [0.5, 0.6) is 0 Å². The average molecular weight is 380 g/mol. The largest absolute Gasteiger partial charge is 0.322 e. The van der Waals surface area contributed by atoms with E-state index in [1.165, 1.54) is 6.07 Å². The van der Waals surface area contributed by atoms with Gasteiger partial charge in [-0.2, -0.15) is 0 Å². The molecule has 0 atom stereocenters.